The number of nitrogens with one attached hydrogen (secondary N) is 3. The lowest BCUT2D eigenvalue weighted by molar-refractivity contribution is -0.721. The van der Waals surface area contributed by atoms with Gasteiger partial charge in [0, 0.05) is 30.9 Å². The van der Waals surface area contributed by atoms with Crippen molar-refractivity contribution in [3.05, 3.63) is 10.6 Å². The number of rotatable bonds is 6. The van der Waals surface area contributed by atoms with Crippen molar-refractivity contribution in [2.24, 2.45) is 11.8 Å². The Balaban J connectivity index is 1.58. The Morgan fingerprint density at radius 1 is 1.48 bits per heavy atom. The molecule has 0 bridgehead atoms. The van der Waals surface area contributed by atoms with Crippen molar-refractivity contribution >= 4 is 34.6 Å². The maximum atomic E-state index is 12.3. The van der Waals surface area contributed by atoms with Gasteiger partial charge in [0.15, 0.2) is 5.13 Å². The molecule has 10 nitrogen and oxygen atoms in total. The maximum absolute atomic E-state index is 12.3. The molecule has 0 unspecified atom stereocenters. The number of fused-ring (bicyclic) bond motifs is 1. The minimum absolute atomic E-state index is 0.0102. The first kappa shape index (κ1) is 17.7. The van der Waals surface area contributed by atoms with Crippen LogP contribution in [-0.2, 0) is 22.6 Å². The van der Waals surface area contributed by atoms with Gasteiger partial charge in [-0.05, 0) is 6.42 Å². The van der Waals surface area contributed by atoms with Gasteiger partial charge in [-0.1, -0.05) is 11.3 Å². The van der Waals surface area contributed by atoms with Crippen LogP contribution in [0.5, 0.6) is 0 Å². The molecule has 3 heterocycles. The summed E-state index contributed by atoms with van der Waals surface area (Å²) >= 11 is 1.43. The van der Waals surface area contributed by atoms with Gasteiger partial charge < -0.3 is 15.1 Å². The summed E-state index contributed by atoms with van der Waals surface area (Å²) in [7, 11) is 0. The smallest absolute Gasteiger partial charge is 0.242 e. The molecule has 2 amide bonds. The molecule has 0 aliphatic carbocycles. The number of carbonyl (C=O) groups is 2. The Morgan fingerprint density at radius 2 is 2.32 bits per heavy atom. The molecule has 3 rings (SSSR count). The summed E-state index contributed by atoms with van der Waals surface area (Å²) in [5.74, 6) is 5.06. The second-order valence-corrected chi connectivity index (χ2v) is 7.18. The number of anilines is 1. The second kappa shape index (κ2) is 7.87. The fourth-order valence-corrected chi connectivity index (χ4v) is 4.07. The van der Waals surface area contributed by atoms with Crippen LogP contribution in [0.2, 0.25) is 0 Å². The standard InChI is InChI=1S/C14H22N8O2S/c15-8-21-3-1-9(6-21)13(24)19-14-18-10-2-4-22(7-11(10)25-14)12(23)5-17-20-16/h8-9,15,17,20H,1-7,16H2,(H,18,19,24)/p+1/t9-/m0/s1. The molecule has 2 aliphatic rings. The second-order valence-electron chi connectivity index (χ2n) is 6.10. The van der Waals surface area contributed by atoms with Gasteiger partial charge in [0.25, 0.3) is 0 Å². The van der Waals surface area contributed by atoms with Crippen LogP contribution in [0.3, 0.4) is 0 Å². The van der Waals surface area contributed by atoms with Crippen molar-refractivity contribution in [1.82, 2.24) is 20.2 Å². The third kappa shape index (κ3) is 4.12. The summed E-state index contributed by atoms with van der Waals surface area (Å²) in [6, 6.07) is 0. The van der Waals surface area contributed by atoms with Crippen LogP contribution in [0, 0.1) is 11.3 Å². The quantitative estimate of drug-likeness (QED) is 0.168. The number of amides is 2. The number of nitrogens with zero attached hydrogens (tertiary/aromatic N) is 3. The number of nitrogens with two attached hydrogens (primary N) is 2. The summed E-state index contributed by atoms with van der Waals surface area (Å²) < 4.78 is 0. The highest BCUT2D eigenvalue weighted by molar-refractivity contribution is 7.15. The van der Waals surface area contributed by atoms with Gasteiger partial charge in [-0.25, -0.2) is 4.98 Å². The van der Waals surface area contributed by atoms with Gasteiger partial charge in [0.2, 0.25) is 11.8 Å². The monoisotopic (exact) mass is 367 g/mol. The average Bonchev–Trinajstić information content (AvgIpc) is 3.24. The molecule has 1 fully saturated rings. The Labute approximate surface area is 149 Å². The summed E-state index contributed by atoms with van der Waals surface area (Å²) in [4.78, 5) is 33.5. The van der Waals surface area contributed by atoms with E-state index in [9.17, 15) is 9.59 Å². The van der Waals surface area contributed by atoms with Crippen LogP contribution in [-0.4, -0.2) is 59.1 Å². The Morgan fingerprint density at radius 3 is 3.04 bits per heavy atom. The lowest BCUT2D eigenvalue weighted by Crippen LogP contribution is -3.00. The van der Waals surface area contributed by atoms with E-state index in [1.54, 1.807) is 4.90 Å². The highest BCUT2D eigenvalue weighted by atomic mass is 32.1. The first-order valence-electron chi connectivity index (χ1n) is 8.19. The Bertz CT molecular complexity index is 663. The molecule has 0 spiro atoms. The average molecular weight is 367 g/mol. The summed E-state index contributed by atoms with van der Waals surface area (Å²) in [6.07, 6.45) is 2.71. The topological polar surface area (TPSA) is 144 Å². The number of thiazole rings is 1. The first-order chi connectivity index (χ1) is 12.1. The molecule has 25 heavy (non-hydrogen) atoms. The van der Waals surface area contributed by atoms with Crippen molar-refractivity contribution < 1.29 is 15.1 Å². The van der Waals surface area contributed by atoms with E-state index in [1.807, 2.05) is 4.90 Å². The van der Waals surface area contributed by atoms with Gasteiger partial charge in [-0.3, -0.25) is 15.0 Å². The van der Waals surface area contributed by atoms with Crippen LogP contribution in [0.1, 0.15) is 17.0 Å². The largest absolute Gasteiger partial charge is 0.362 e. The van der Waals surface area contributed by atoms with Crippen LogP contribution >= 0.6 is 11.3 Å². The molecule has 136 valence electrons. The molecule has 1 saturated heterocycles. The molecule has 1 aromatic rings. The molecule has 11 heteroatoms. The van der Waals surface area contributed by atoms with E-state index in [0.717, 1.165) is 23.5 Å². The zero-order chi connectivity index (χ0) is 17.8. The molecular weight excluding hydrogens is 344 g/mol. The molecule has 0 radical (unpaired) electrons. The third-order valence-corrected chi connectivity index (χ3v) is 5.46. The van der Waals surface area contributed by atoms with Crippen molar-refractivity contribution in [2.45, 2.75) is 19.4 Å². The highest BCUT2D eigenvalue weighted by Crippen LogP contribution is 2.29. The number of hydrogen-bond donors (Lipinski definition) is 5. The lowest BCUT2D eigenvalue weighted by atomic mass is 10.1. The number of carbonyl (C=O) groups excluding carboxylic acids is 2. The van der Waals surface area contributed by atoms with Crippen molar-refractivity contribution in [3.63, 3.8) is 0 Å². The third-order valence-electron chi connectivity index (χ3n) is 4.46. The Hall–Kier alpha value is -2.08. The van der Waals surface area contributed by atoms with Gasteiger partial charge in [-0.15, -0.1) is 5.43 Å². The number of quaternary nitrogens is 1. The normalized spacial score (nSPS) is 19.6. The maximum Gasteiger partial charge on any atom is 0.242 e. The van der Waals surface area contributed by atoms with Gasteiger partial charge in [0.05, 0.1) is 24.5 Å². The molecule has 1 aromatic heterocycles. The van der Waals surface area contributed by atoms with E-state index >= 15 is 0 Å². The van der Waals surface area contributed by atoms with E-state index in [4.69, 9.17) is 11.3 Å². The molecule has 1 atom stereocenters. The van der Waals surface area contributed by atoms with E-state index in [0.29, 0.717) is 31.2 Å². The van der Waals surface area contributed by atoms with Crippen LogP contribution in [0.4, 0.5) is 5.13 Å². The number of aromatic nitrogens is 1. The molecule has 0 aromatic carbocycles. The van der Waals surface area contributed by atoms with Crippen LogP contribution in [0.25, 0.3) is 0 Å². The fourth-order valence-electron chi connectivity index (χ4n) is 3.05. The lowest BCUT2D eigenvalue weighted by Gasteiger charge is -2.25. The zero-order valence-corrected chi connectivity index (χ0v) is 14.6. The summed E-state index contributed by atoms with van der Waals surface area (Å²) in [5, 5.41) is 10.7. The van der Waals surface area contributed by atoms with Gasteiger partial charge >= 0.3 is 0 Å². The van der Waals surface area contributed by atoms with Crippen molar-refractivity contribution in [1.29, 1.82) is 5.41 Å². The molecule has 0 saturated carbocycles. The number of hydrogen-bond acceptors (Lipinski definition) is 7. The Kier molecular flexibility index (Phi) is 5.58. The predicted octanol–water partition coefficient (Wildman–Crippen LogP) is -2.16. The van der Waals surface area contributed by atoms with Gasteiger partial charge in [0.1, 0.15) is 6.54 Å². The van der Waals surface area contributed by atoms with Crippen molar-refractivity contribution in [2.75, 3.05) is 31.5 Å². The zero-order valence-electron chi connectivity index (χ0n) is 13.8. The summed E-state index contributed by atoms with van der Waals surface area (Å²) in [5.41, 5.74) is 4.93. The van der Waals surface area contributed by atoms with E-state index in [1.165, 1.54) is 23.2 Å². The molecular formula is C14H23N8O2S+. The first-order valence-corrected chi connectivity index (χ1v) is 9.01. The predicted molar refractivity (Wildman–Crippen MR) is 92.4 cm³/mol. The molecule has 2 aliphatic heterocycles. The summed E-state index contributed by atoms with van der Waals surface area (Å²) in [6.45, 7) is 2.62. The SMILES string of the molecule is N=CN1CC[C@H](C(=O)Nc2nc3c(s2)CN(C(=O)CN[NH2+]N)CC3)C1. The van der Waals surface area contributed by atoms with Crippen LogP contribution < -0.4 is 22.1 Å². The van der Waals surface area contributed by atoms with Crippen LogP contribution in [0.15, 0.2) is 0 Å². The highest BCUT2D eigenvalue weighted by Gasteiger charge is 2.29. The minimum Gasteiger partial charge on any atom is -0.362 e. The minimum atomic E-state index is -0.112. The van der Waals surface area contributed by atoms with Gasteiger partial charge in [-0.2, -0.15) is 11.4 Å². The molecule has 7 N–H and O–H groups in total. The van der Waals surface area contributed by atoms with E-state index in [-0.39, 0.29) is 24.3 Å². The fraction of sp³-hybridized carbons (Fsp3) is 0.571. The van der Waals surface area contributed by atoms with Crippen molar-refractivity contribution in [3.8, 4) is 0 Å². The van der Waals surface area contributed by atoms with E-state index < -0.39 is 0 Å². The van der Waals surface area contributed by atoms with E-state index in [2.05, 4.69) is 15.7 Å². The number of likely N-dealkylation sites (tertiary alicyclic amines) is 1.